The van der Waals surface area contributed by atoms with Crippen LogP contribution in [0.5, 0.6) is 0 Å². The molecule has 0 amide bonds. The monoisotopic (exact) mass is 426 g/mol. The molecule has 1 saturated heterocycles. The van der Waals surface area contributed by atoms with Crippen LogP contribution in [0.25, 0.3) is 21.7 Å². The Bertz CT molecular complexity index is 1360. The summed E-state index contributed by atoms with van der Waals surface area (Å²) in [5.74, 6) is -0.782. The van der Waals surface area contributed by atoms with E-state index in [4.69, 9.17) is 4.74 Å². The highest BCUT2D eigenvalue weighted by molar-refractivity contribution is 7.89. The molecule has 1 aromatic heterocycles. The SMILES string of the molecule is CCOC(=O)C1CCCN(S(=O)(=O)c2ccc3[nH]c(=O)c4cccc5c4c3c2C5)C1. The van der Waals surface area contributed by atoms with Gasteiger partial charge in [-0.05, 0) is 49.1 Å². The van der Waals surface area contributed by atoms with Gasteiger partial charge in [0.1, 0.15) is 0 Å². The van der Waals surface area contributed by atoms with Gasteiger partial charge in [0.2, 0.25) is 10.0 Å². The van der Waals surface area contributed by atoms with Gasteiger partial charge >= 0.3 is 5.97 Å². The molecule has 2 aliphatic rings. The number of carbonyl (C=O) groups excluding carboxylic acids is 1. The van der Waals surface area contributed by atoms with Crippen molar-refractivity contribution in [1.29, 1.82) is 0 Å². The number of carbonyl (C=O) groups is 1. The average Bonchev–Trinajstić information content (AvgIpc) is 3.13. The van der Waals surface area contributed by atoms with Crippen molar-refractivity contribution < 1.29 is 17.9 Å². The van der Waals surface area contributed by atoms with Crippen molar-refractivity contribution in [2.75, 3.05) is 19.7 Å². The molecule has 1 aliphatic heterocycles. The van der Waals surface area contributed by atoms with Crippen LogP contribution in [0.3, 0.4) is 0 Å². The van der Waals surface area contributed by atoms with E-state index in [0.29, 0.717) is 42.3 Å². The molecule has 7 nitrogen and oxygen atoms in total. The fourth-order valence-corrected chi connectivity index (χ4v) is 6.55. The predicted molar refractivity (Wildman–Crippen MR) is 113 cm³/mol. The van der Waals surface area contributed by atoms with Gasteiger partial charge in [0.15, 0.2) is 0 Å². The van der Waals surface area contributed by atoms with Crippen LogP contribution in [0.4, 0.5) is 0 Å². The number of hydrogen-bond donors (Lipinski definition) is 1. The highest BCUT2D eigenvalue weighted by atomic mass is 32.2. The van der Waals surface area contributed by atoms with Gasteiger partial charge in [-0.25, -0.2) is 8.42 Å². The molecule has 1 fully saturated rings. The third-order valence-corrected chi connectivity index (χ3v) is 8.10. The number of nitrogens with zero attached hydrogens (tertiary/aromatic N) is 1. The van der Waals surface area contributed by atoms with Crippen LogP contribution in [-0.2, 0) is 26.0 Å². The molecule has 3 aromatic rings. The maximum atomic E-state index is 13.6. The van der Waals surface area contributed by atoms with E-state index in [0.717, 1.165) is 16.3 Å². The van der Waals surface area contributed by atoms with Gasteiger partial charge in [-0.3, -0.25) is 9.59 Å². The number of aromatic amines is 1. The summed E-state index contributed by atoms with van der Waals surface area (Å²) >= 11 is 0. The first-order valence-corrected chi connectivity index (χ1v) is 11.6. The first kappa shape index (κ1) is 19.3. The highest BCUT2D eigenvalue weighted by Crippen LogP contribution is 2.40. The molecule has 2 aromatic carbocycles. The number of pyridine rings is 1. The summed E-state index contributed by atoms with van der Waals surface area (Å²) in [5, 5.41) is 2.22. The molecule has 8 heteroatoms. The summed E-state index contributed by atoms with van der Waals surface area (Å²) in [4.78, 5) is 27.7. The van der Waals surface area contributed by atoms with Crippen LogP contribution in [-0.4, -0.2) is 43.4 Å². The van der Waals surface area contributed by atoms with Crippen molar-refractivity contribution in [2.24, 2.45) is 5.92 Å². The number of piperidine rings is 1. The summed E-state index contributed by atoms with van der Waals surface area (Å²) in [6.45, 7) is 2.54. The minimum atomic E-state index is -3.79. The second-order valence-electron chi connectivity index (χ2n) is 7.89. The average molecular weight is 426 g/mol. The lowest BCUT2D eigenvalue weighted by Crippen LogP contribution is -2.43. The lowest BCUT2D eigenvalue weighted by Gasteiger charge is -2.31. The zero-order chi connectivity index (χ0) is 21.0. The summed E-state index contributed by atoms with van der Waals surface area (Å²) in [7, 11) is -3.79. The van der Waals surface area contributed by atoms with E-state index >= 15 is 0 Å². The molecule has 1 aliphatic carbocycles. The molecule has 0 spiro atoms. The van der Waals surface area contributed by atoms with Gasteiger partial charge in [-0.1, -0.05) is 12.1 Å². The second kappa shape index (κ2) is 6.92. The van der Waals surface area contributed by atoms with E-state index in [1.54, 1.807) is 25.1 Å². The van der Waals surface area contributed by atoms with Crippen molar-refractivity contribution in [1.82, 2.24) is 9.29 Å². The molecule has 156 valence electrons. The number of hydrogen-bond acceptors (Lipinski definition) is 5. The summed E-state index contributed by atoms with van der Waals surface area (Å²) in [6.07, 6.45) is 1.71. The topological polar surface area (TPSA) is 96.5 Å². The molecule has 30 heavy (non-hydrogen) atoms. The number of sulfonamides is 1. The maximum Gasteiger partial charge on any atom is 0.310 e. The minimum absolute atomic E-state index is 0.132. The molecule has 1 unspecified atom stereocenters. The van der Waals surface area contributed by atoms with Gasteiger partial charge in [0, 0.05) is 41.2 Å². The van der Waals surface area contributed by atoms with E-state index in [1.807, 2.05) is 12.1 Å². The molecule has 0 bridgehead atoms. The van der Waals surface area contributed by atoms with E-state index in [1.165, 1.54) is 4.31 Å². The Morgan fingerprint density at radius 3 is 2.87 bits per heavy atom. The summed E-state index contributed by atoms with van der Waals surface area (Å²) < 4.78 is 33.7. The second-order valence-corrected chi connectivity index (χ2v) is 9.80. The fraction of sp³-hybridized carbons (Fsp3) is 0.364. The first-order valence-electron chi connectivity index (χ1n) is 10.2. The van der Waals surface area contributed by atoms with Crippen molar-refractivity contribution in [3.8, 4) is 0 Å². The zero-order valence-corrected chi connectivity index (χ0v) is 17.4. The smallest absolute Gasteiger partial charge is 0.310 e. The van der Waals surface area contributed by atoms with Gasteiger partial charge < -0.3 is 9.72 Å². The quantitative estimate of drug-likeness (QED) is 0.400. The lowest BCUT2D eigenvalue weighted by atomic mass is 10.0. The Kier molecular flexibility index (Phi) is 4.44. The molecule has 5 rings (SSSR count). The molecular formula is C22H22N2O5S. The zero-order valence-electron chi connectivity index (χ0n) is 16.6. The Balaban J connectivity index is 1.61. The van der Waals surface area contributed by atoms with Gasteiger partial charge in [-0.2, -0.15) is 4.31 Å². The van der Waals surface area contributed by atoms with E-state index in [-0.39, 0.29) is 29.6 Å². The molecule has 1 atom stereocenters. The largest absolute Gasteiger partial charge is 0.466 e. The summed E-state index contributed by atoms with van der Waals surface area (Å²) in [6, 6.07) is 8.78. The molecule has 2 heterocycles. The Morgan fingerprint density at radius 1 is 1.23 bits per heavy atom. The fourth-order valence-electron chi connectivity index (χ4n) is 4.80. The first-order chi connectivity index (χ1) is 14.4. The number of nitrogens with one attached hydrogen (secondary N) is 1. The van der Waals surface area contributed by atoms with Gasteiger partial charge in [-0.15, -0.1) is 0 Å². The van der Waals surface area contributed by atoms with Crippen molar-refractivity contribution in [3.05, 3.63) is 51.8 Å². The minimum Gasteiger partial charge on any atom is -0.466 e. The van der Waals surface area contributed by atoms with Crippen LogP contribution in [0.15, 0.2) is 40.0 Å². The van der Waals surface area contributed by atoms with Gasteiger partial charge in [0.05, 0.1) is 17.4 Å². The van der Waals surface area contributed by atoms with Crippen LogP contribution in [0, 0.1) is 5.92 Å². The predicted octanol–water partition coefficient (Wildman–Crippen LogP) is 2.55. The lowest BCUT2D eigenvalue weighted by molar-refractivity contribution is -0.149. The molecule has 0 radical (unpaired) electrons. The number of H-pyrrole nitrogens is 1. The Hall–Kier alpha value is -2.71. The van der Waals surface area contributed by atoms with Crippen LogP contribution >= 0.6 is 0 Å². The Morgan fingerprint density at radius 2 is 2.07 bits per heavy atom. The number of benzene rings is 2. The third-order valence-electron chi connectivity index (χ3n) is 6.15. The van der Waals surface area contributed by atoms with Crippen molar-refractivity contribution in [2.45, 2.75) is 31.1 Å². The maximum absolute atomic E-state index is 13.6. The van der Waals surface area contributed by atoms with Crippen molar-refractivity contribution >= 4 is 37.7 Å². The number of esters is 1. The molecule has 1 N–H and O–H groups in total. The third kappa shape index (κ3) is 2.78. The van der Waals surface area contributed by atoms with Crippen molar-refractivity contribution in [3.63, 3.8) is 0 Å². The standard InChI is InChI=1S/C22H22N2O5S/c1-2-29-22(26)14-6-4-10-24(12-14)30(27,28)18-9-8-17-20-16(18)11-13-5-3-7-15(19(13)20)21(25)23-17/h3,5,7-9,14H,2,4,6,10-12H2,1H3,(H,23,25). The van der Waals surface area contributed by atoms with Gasteiger partial charge in [0.25, 0.3) is 5.56 Å². The number of ether oxygens (including phenoxy) is 1. The number of aromatic nitrogens is 1. The molecule has 0 saturated carbocycles. The number of rotatable bonds is 4. The van der Waals surface area contributed by atoms with Crippen LogP contribution in [0.2, 0.25) is 0 Å². The van der Waals surface area contributed by atoms with E-state index < -0.39 is 15.9 Å². The summed E-state index contributed by atoms with van der Waals surface area (Å²) in [5.41, 5.74) is 2.16. The van der Waals surface area contributed by atoms with Crippen LogP contribution < -0.4 is 5.56 Å². The molecular weight excluding hydrogens is 404 g/mol. The Labute approximate surface area is 173 Å². The highest BCUT2D eigenvalue weighted by Gasteiger charge is 2.36. The normalized spacial score (nSPS) is 19.0. The van der Waals surface area contributed by atoms with E-state index in [2.05, 4.69) is 4.98 Å². The van der Waals surface area contributed by atoms with E-state index in [9.17, 15) is 18.0 Å². The van der Waals surface area contributed by atoms with Crippen LogP contribution in [0.1, 0.15) is 30.9 Å².